The predicted octanol–water partition coefficient (Wildman–Crippen LogP) is 5.53. The van der Waals surface area contributed by atoms with Crippen LogP contribution >= 0.6 is 11.3 Å². The molecule has 0 unspecified atom stereocenters. The Morgan fingerprint density at radius 2 is 1.58 bits per heavy atom. The number of thiazole rings is 1. The summed E-state index contributed by atoms with van der Waals surface area (Å²) in [6.07, 6.45) is 0. The van der Waals surface area contributed by atoms with Crippen molar-refractivity contribution in [3.63, 3.8) is 0 Å². The van der Waals surface area contributed by atoms with Crippen molar-refractivity contribution in [1.29, 1.82) is 0 Å². The smallest absolute Gasteiger partial charge is 0.266 e. The second kappa shape index (κ2) is 7.81. The number of para-hydroxylation sites is 1. The van der Waals surface area contributed by atoms with Crippen LogP contribution in [0.2, 0.25) is 0 Å². The maximum absolute atomic E-state index is 13.6. The van der Waals surface area contributed by atoms with Crippen molar-refractivity contribution in [2.45, 2.75) is 6.92 Å². The zero-order valence-electron chi connectivity index (χ0n) is 17.2. The Bertz CT molecular complexity index is 1440. The zero-order chi connectivity index (χ0) is 21.4. The number of nitrogens with one attached hydrogen (secondary N) is 1. The molecule has 0 aliphatic heterocycles. The van der Waals surface area contributed by atoms with E-state index in [1.165, 1.54) is 11.3 Å². The van der Waals surface area contributed by atoms with Crippen LogP contribution in [0.3, 0.4) is 0 Å². The van der Waals surface area contributed by atoms with Gasteiger partial charge >= 0.3 is 0 Å². The van der Waals surface area contributed by atoms with Crippen LogP contribution in [0.4, 0.5) is 5.13 Å². The zero-order valence-corrected chi connectivity index (χ0v) is 18.0. The molecular formula is C25H20N4OS. The molecule has 0 radical (unpaired) electrons. The maximum atomic E-state index is 13.6. The Morgan fingerprint density at radius 3 is 2.32 bits per heavy atom. The lowest BCUT2D eigenvalue weighted by atomic mass is 10.1. The van der Waals surface area contributed by atoms with Gasteiger partial charge in [0.15, 0.2) is 11.0 Å². The van der Waals surface area contributed by atoms with E-state index in [1.54, 1.807) is 4.57 Å². The molecule has 5 rings (SSSR count). The molecule has 2 aromatic heterocycles. The molecule has 31 heavy (non-hydrogen) atoms. The third-order valence-electron chi connectivity index (χ3n) is 5.16. The number of hydrogen-bond donors (Lipinski definition) is 1. The summed E-state index contributed by atoms with van der Waals surface area (Å²) in [5.41, 5.74) is 4.27. The summed E-state index contributed by atoms with van der Waals surface area (Å²) in [6, 6.07) is 25.4. The normalized spacial score (nSPS) is 11.0. The topological polar surface area (TPSA) is 59.8 Å². The highest BCUT2D eigenvalue weighted by Crippen LogP contribution is 2.38. The van der Waals surface area contributed by atoms with Gasteiger partial charge in [0.05, 0.1) is 22.3 Å². The summed E-state index contributed by atoms with van der Waals surface area (Å²) in [5.74, 6) is 0.588. The second-order valence-corrected chi connectivity index (χ2v) is 8.24. The Balaban J connectivity index is 1.87. The van der Waals surface area contributed by atoms with Gasteiger partial charge in [0.1, 0.15) is 4.88 Å². The van der Waals surface area contributed by atoms with Crippen molar-refractivity contribution in [3.8, 4) is 27.6 Å². The Hall–Kier alpha value is -3.77. The fourth-order valence-corrected chi connectivity index (χ4v) is 4.51. The lowest BCUT2D eigenvalue weighted by Crippen LogP contribution is -2.21. The van der Waals surface area contributed by atoms with Crippen molar-refractivity contribution < 1.29 is 0 Å². The van der Waals surface area contributed by atoms with Gasteiger partial charge in [-0.1, -0.05) is 71.5 Å². The third-order valence-corrected chi connectivity index (χ3v) is 6.23. The largest absolute Gasteiger partial charge is 0.365 e. The summed E-state index contributed by atoms with van der Waals surface area (Å²) in [6.45, 7) is 2.03. The minimum Gasteiger partial charge on any atom is -0.365 e. The highest BCUT2D eigenvalue weighted by molar-refractivity contribution is 7.19. The van der Waals surface area contributed by atoms with E-state index in [0.717, 1.165) is 32.5 Å². The molecule has 1 N–H and O–H groups in total. The molecular weight excluding hydrogens is 404 g/mol. The number of anilines is 1. The summed E-state index contributed by atoms with van der Waals surface area (Å²) in [4.78, 5) is 24.2. The van der Waals surface area contributed by atoms with Gasteiger partial charge in [0, 0.05) is 12.6 Å². The Labute approximate surface area is 183 Å². The van der Waals surface area contributed by atoms with E-state index in [9.17, 15) is 4.79 Å². The molecule has 0 fully saturated rings. The summed E-state index contributed by atoms with van der Waals surface area (Å²) in [7, 11) is 1.85. The molecule has 3 aromatic carbocycles. The van der Waals surface area contributed by atoms with Crippen molar-refractivity contribution in [3.05, 3.63) is 94.8 Å². The molecule has 0 bridgehead atoms. The number of fused-ring (bicyclic) bond motifs is 1. The summed E-state index contributed by atoms with van der Waals surface area (Å²) in [5, 5.41) is 4.50. The number of nitrogens with zero attached hydrogens (tertiary/aromatic N) is 3. The minimum atomic E-state index is -0.0946. The standard InChI is InChI=1S/C25H20N4OS/c1-16-12-14-18(15-13-16)29-23(27-20-11-7-6-10-19(20)24(29)30)22-21(28-25(26-2)31-22)17-8-4-3-5-9-17/h3-15H,1-2H3,(H,26,28). The van der Waals surface area contributed by atoms with Gasteiger partial charge in [-0.3, -0.25) is 9.36 Å². The maximum Gasteiger partial charge on any atom is 0.266 e. The van der Waals surface area contributed by atoms with Crippen LogP contribution in [0.15, 0.2) is 83.7 Å². The number of aryl methyl sites for hydroxylation is 1. The molecule has 0 aliphatic rings. The monoisotopic (exact) mass is 424 g/mol. The van der Waals surface area contributed by atoms with Crippen LogP contribution in [0, 0.1) is 6.92 Å². The summed E-state index contributed by atoms with van der Waals surface area (Å²) >= 11 is 1.49. The average Bonchev–Trinajstić information content (AvgIpc) is 3.25. The lowest BCUT2D eigenvalue weighted by molar-refractivity contribution is 0.978. The van der Waals surface area contributed by atoms with Crippen molar-refractivity contribution in [2.24, 2.45) is 0 Å². The molecule has 0 saturated carbocycles. The molecule has 2 heterocycles. The van der Waals surface area contributed by atoms with Crippen molar-refractivity contribution in [2.75, 3.05) is 12.4 Å². The van der Waals surface area contributed by atoms with E-state index < -0.39 is 0 Å². The highest BCUT2D eigenvalue weighted by Gasteiger charge is 2.21. The molecule has 0 amide bonds. The first-order valence-electron chi connectivity index (χ1n) is 9.99. The van der Waals surface area contributed by atoms with Crippen LogP contribution in [0.25, 0.3) is 38.5 Å². The van der Waals surface area contributed by atoms with Crippen LogP contribution < -0.4 is 10.9 Å². The molecule has 0 aliphatic carbocycles. The number of hydrogen-bond acceptors (Lipinski definition) is 5. The summed E-state index contributed by atoms with van der Waals surface area (Å²) < 4.78 is 1.70. The van der Waals surface area contributed by atoms with Gasteiger partial charge in [0.25, 0.3) is 5.56 Å². The van der Waals surface area contributed by atoms with E-state index in [0.29, 0.717) is 16.7 Å². The van der Waals surface area contributed by atoms with Crippen LogP contribution in [-0.2, 0) is 0 Å². The van der Waals surface area contributed by atoms with Crippen molar-refractivity contribution >= 4 is 27.4 Å². The lowest BCUT2D eigenvalue weighted by Gasteiger charge is -2.14. The average molecular weight is 425 g/mol. The quantitative estimate of drug-likeness (QED) is 0.412. The molecule has 5 aromatic rings. The number of aromatic nitrogens is 3. The highest BCUT2D eigenvalue weighted by atomic mass is 32.1. The SMILES string of the molecule is CNc1nc(-c2ccccc2)c(-c2nc3ccccc3c(=O)n2-c2ccc(C)cc2)s1. The predicted molar refractivity (Wildman–Crippen MR) is 128 cm³/mol. The van der Waals surface area contributed by atoms with Gasteiger partial charge in [-0.15, -0.1) is 0 Å². The van der Waals surface area contributed by atoms with Crippen molar-refractivity contribution in [1.82, 2.24) is 14.5 Å². The molecule has 6 heteroatoms. The minimum absolute atomic E-state index is 0.0946. The van der Waals surface area contributed by atoms with E-state index >= 15 is 0 Å². The first-order valence-corrected chi connectivity index (χ1v) is 10.8. The first-order chi connectivity index (χ1) is 15.2. The van der Waals surface area contributed by atoms with Crippen LogP contribution in [-0.4, -0.2) is 21.6 Å². The first kappa shape index (κ1) is 19.2. The molecule has 5 nitrogen and oxygen atoms in total. The van der Waals surface area contributed by atoms with E-state index in [-0.39, 0.29) is 5.56 Å². The van der Waals surface area contributed by atoms with Gasteiger partial charge in [0.2, 0.25) is 0 Å². The second-order valence-electron chi connectivity index (χ2n) is 7.24. The van der Waals surface area contributed by atoms with Gasteiger partial charge in [-0.2, -0.15) is 0 Å². The third kappa shape index (κ3) is 3.41. The Kier molecular flexibility index (Phi) is 4.84. The number of rotatable bonds is 4. The molecule has 152 valence electrons. The molecule has 0 atom stereocenters. The van der Waals surface area contributed by atoms with Crippen LogP contribution in [0.1, 0.15) is 5.56 Å². The van der Waals surface area contributed by atoms with E-state index in [1.807, 2.05) is 92.8 Å². The number of benzene rings is 3. The molecule has 0 saturated heterocycles. The van der Waals surface area contributed by atoms with Crippen LogP contribution in [0.5, 0.6) is 0 Å². The molecule has 0 spiro atoms. The Morgan fingerprint density at radius 1 is 0.871 bits per heavy atom. The van der Waals surface area contributed by atoms with Gasteiger partial charge in [-0.05, 0) is 31.2 Å². The van der Waals surface area contributed by atoms with E-state index in [2.05, 4.69) is 5.32 Å². The van der Waals surface area contributed by atoms with Gasteiger partial charge < -0.3 is 5.32 Å². The van der Waals surface area contributed by atoms with E-state index in [4.69, 9.17) is 9.97 Å². The fraction of sp³-hybridized carbons (Fsp3) is 0.0800. The fourth-order valence-electron chi connectivity index (χ4n) is 3.59. The van der Waals surface area contributed by atoms with Gasteiger partial charge in [-0.25, -0.2) is 9.97 Å².